The lowest BCUT2D eigenvalue weighted by atomic mass is 10.2. The molecule has 0 spiro atoms. The van der Waals surface area contributed by atoms with E-state index in [1.165, 1.54) is 23.4 Å². The number of amides is 1. The average Bonchev–Trinajstić information content (AvgIpc) is 2.59. The first-order valence-corrected chi connectivity index (χ1v) is 9.79. The maximum Gasteiger partial charge on any atom is 0.243 e. The average molecular weight is 360 g/mol. The minimum Gasteiger partial charge on any atom is -0.326 e. The van der Waals surface area contributed by atoms with Crippen LogP contribution in [-0.2, 0) is 21.4 Å². The van der Waals surface area contributed by atoms with Gasteiger partial charge in [-0.05, 0) is 36.2 Å². The molecule has 0 aliphatic rings. The molecular weight excluding hydrogens is 336 g/mol. The SMILES string of the molecule is CCCCN(Cc1ccccc1)S(=O)(=O)c1ccc(NC(C)=O)cc1. The quantitative estimate of drug-likeness (QED) is 0.781. The van der Waals surface area contributed by atoms with Crippen molar-refractivity contribution in [3.8, 4) is 0 Å². The Morgan fingerprint density at radius 2 is 1.68 bits per heavy atom. The van der Waals surface area contributed by atoms with Crippen LogP contribution < -0.4 is 5.32 Å². The molecule has 0 heterocycles. The minimum atomic E-state index is -3.60. The third kappa shape index (κ3) is 5.41. The van der Waals surface area contributed by atoms with Gasteiger partial charge in [0.15, 0.2) is 0 Å². The van der Waals surface area contributed by atoms with Gasteiger partial charge in [0, 0.05) is 25.7 Å². The largest absolute Gasteiger partial charge is 0.326 e. The van der Waals surface area contributed by atoms with Gasteiger partial charge >= 0.3 is 0 Å². The van der Waals surface area contributed by atoms with Crippen LogP contribution in [-0.4, -0.2) is 25.2 Å². The number of nitrogens with one attached hydrogen (secondary N) is 1. The van der Waals surface area contributed by atoms with E-state index in [1.54, 1.807) is 12.1 Å². The molecule has 5 nitrogen and oxygen atoms in total. The lowest BCUT2D eigenvalue weighted by Crippen LogP contribution is -2.31. The first-order chi connectivity index (χ1) is 11.9. The molecule has 1 amide bonds. The van der Waals surface area contributed by atoms with Gasteiger partial charge in [-0.2, -0.15) is 4.31 Å². The fourth-order valence-corrected chi connectivity index (χ4v) is 3.93. The van der Waals surface area contributed by atoms with E-state index in [1.807, 2.05) is 37.3 Å². The second-order valence-corrected chi connectivity index (χ2v) is 7.82. The predicted octanol–water partition coefficient (Wildman–Crippen LogP) is 3.64. The van der Waals surface area contributed by atoms with Gasteiger partial charge in [0.2, 0.25) is 15.9 Å². The molecule has 6 heteroatoms. The number of sulfonamides is 1. The van der Waals surface area contributed by atoms with Gasteiger partial charge in [0.05, 0.1) is 4.90 Å². The lowest BCUT2D eigenvalue weighted by molar-refractivity contribution is -0.114. The fourth-order valence-electron chi connectivity index (χ4n) is 2.47. The number of nitrogens with zero attached hydrogens (tertiary/aromatic N) is 1. The van der Waals surface area contributed by atoms with Crippen molar-refractivity contribution in [2.75, 3.05) is 11.9 Å². The summed E-state index contributed by atoms with van der Waals surface area (Å²) in [7, 11) is -3.60. The molecule has 0 atom stereocenters. The summed E-state index contributed by atoms with van der Waals surface area (Å²) in [6, 6.07) is 15.8. The Kier molecular flexibility index (Phi) is 6.73. The van der Waals surface area contributed by atoms with E-state index in [4.69, 9.17) is 0 Å². The molecular formula is C19H24N2O3S. The van der Waals surface area contributed by atoms with Crippen LogP contribution in [0.2, 0.25) is 0 Å². The van der Waals surface area contributed by atoms with Crippen molar-refractivity contribution in [3.05, 3.63) is 60.2 Å². The van der Waals surface area contributed by atoms with E-state index >= 15 is 0 Å². The topological polar surface area (TPSA) is 66.5 Å². The summed E-state index contributed by atoms with van der Waals surface area (Å²) in [5.41, 5.74) is 1.53. The van der Waals surface area contributed by atoms with Crippen LogP contribution in [0.25, 0.3) is 0 Å². The Morgan fingerprint density at radius 1 is 1.04 bits per heavy atom. The molecule has 0 aromatic heterocycles. The molecule has 1 N–H and O–H groups in total. The van der Waals surface area contributed by atoms with Crippen molar-refractivity contribution < 1.29 is 13.2 Å². The Morgan fingerprint density at radius 3 is 2.24 bits per heavy atom. The number of anilines is 1. The van der Waals surface area contributed by atoms with Crippen LogP contribution in [0.1, 0.15) is 32.3 Å². The molecule has 0 bridgehead atoms. The third-order valence-corrected chi connectivity index (χ3v) is 5.63. The normalized spacial score (nSPS) is 11.5. The molecule has 25 heavy (non-hydrogen) atoms. The van der Waals surface area contributed by atoms with Crippen molar-refractivity contribution in [3.63, 3.8) is 0 Å². The zero-order chi connectivity index (χ0) is 18.3. The second-order valence-electron chi connectivity index (χ2n) is 5.88. The number of benzene rings is 2. The van der Waals surface area contributed by atoms with Crippen LogP contribution >= 0.6 is 0 Å². The molecule has 0 fully saturated rings. The van der Waals surface area contributed by atoms with Crippen molar-refractivity contribution in [1.29, 1.82) is 0 Å². The summed E-state index contributed by atoms with van der Waals surface area (Å²) in [6.07, 6.45) is 1.72. The molecule has 134 valence electrons. The molecule has 0 radical (unpaired) electrons. The summed E-state index contributed by atoms with van der Waals surface area (Å²) in [5.74, 6) is -0.191. The van der Waals surface area contributed by atoms with E-state index in [2.05, 4.69) is 5.32 Å². The molecule has 0 aliphatic heterocycles. The summed E-state index contributed by atoms with van der Waals surface area (Å²) < 4.78 is 27.5. The maximum absolute atomic E-state index is 13.0. The van der Waals surface area contributed by atoms with Crippen molar-refractivity contribution >= 4 is 21.6 Å². The van der Waals surface area contributed by atoms with Gasteiger partial charge in [-0.3, -0.25) is 4.79 Å². The first kappa shape index (κ1) is 19.1. The lowest BCUT2D eigenvalue weighted by Gasteiger charge is -2.22. The van der Waals surface area contributed by atoms with Crippen LogP contribution in [0.5, 0.6) is 0 Å². The van der Waals surface area contributed by atoms with E-state index in [0.29, 0.717) is 18.8 Å². The van der Waals surface area contributed by atoms with Crippen molar-refractivity contribution in [2.45, 2.75) is 38.1 Å². The predicted molar refractivity (Wildman–Crippen MR) is 99.7 cm³/mol. The van der Waals surface area contributed by atoms with E-state index < -0.39 is 10.0 Å². The number of rotatable bonds is 8. The molecule has 2 rings (SSSR count). The smallest absolute Gasteiger partial charge is 0.243 e. The maximum atomic E-state index is 13.0. The monoisotopic (exact) mass is 360 g/mol. The van der Waals surface area contributed by atoms with Crippen molar-refractivity contribution in [1.82, 2.24) is 4.31 Å². The standard InChI is InChI=1S/C19H24N2O3S/c1-3-4-14-21(15-17-8-6-5-7-9-17)25(23,24)19-12-10-18(11-13-19)20-16(2)22/h5-13H,3-4,14-15H2,1-2H3,(H,20,22). The number of hydrogen-bond donors (Lipinski definition) is 1. The second kappa shape index (κ2) is 8.78. The minimum absolute atomic E-state index is 0.191. The molecule has 2 aromatic carbocycles. The van der Waals surface area contributed by atoms with Gasteiger partial charge in [-0.25, -0.2) is 8.42 Å². The van der Waals surface area contributed by atoms with Crippen LogP contribution in [0.4, 0.5) is 5.69 Å². The van der Waals surface area contributed by atoms with Crippen molar-refractivity contribution in [2.24, 2.45) is 0 Å². The molecule has 0 aliphatic carbocycles. The molecule has 0 saturated carbocycles. The highest BCUT2D eigenvalue weighted by atomic mass is 32.2. The Balaban J connectivity index is 2.25. The van der Waals surface area contributed by atoms with E-state index in [9.17, 15) is 13.2 Å². The molecule has 2 aromatic rings. The van der Waals surface area contributed by atoms with Gasteiger partial charge in [-0.1, -0.05) is 43.7 Å². The Bertz CT molecular complexity index is 787. The zero-order valence-electron chi connectivity index (χ0n) is 14.6. The van der Waals surface area contributed by atoms with Crippen LogP contribution in [0, 0.1) is 0 Å². The number of unbranched alkanes of at least 4 members (excludes halogenated alkanes) is 1. The van der Waals surface area contributed by atoms with E-state index in [-0.39, 0.29) is 10.8 Å². The highest BCUT2D eigenvalue weighted by Gasteiger charge is 2.24. The highest BCUT2D eigenvalue weighted by Crippen LogP contribution is 2.21. The number of hydrogen-bond acceptors (Lipinski definition) is 3. The summed E-state index contributed by atoms with van der Waals surface area (Å²) in [6.45, 7) is 4.27. The first-order valence-electron chi connectivity index (χ1n) is 8.35. The molecule has 0 saturated heterocycles. The summed E-state index contributed by atoms with van der Waals surface area (Å²) in [5, 5.41) is 2.64. The number of carbonyl (C=O) groups excluding carboxylic acids is 1. The van der Waals surface area contributed by atoms with Gasteiger partial charge < -0.3 is 5.32 Å². The molecule has 0 unspecified atom stereocenters. The third-order valence-electron chi connectivity index (χ3n) is 3.78. The van der Waals surface area contributed by atoms with Gasteiger partial charge in [-0.15, -0.1) is 0 Å². The van der Waals surface area contributed by atoms with Crippen LogP contribution in [0.15, 0.2) is 59.5 Å². The van der Waals surface area contributed by atoms with Crippen LogP contribution in [0.3, 0.4) is 0 Å². The summed E-state index contributed by atoms with van der Waals surface area (Å²) >= 11 is 0. The van der Waals surface area contributed by atoms with Gasteiger partial charge in [0.1, 0.15) is 0 Å². The number of carbonyl (C=O) groups is 1. The highest BCUT2D eigenvalue weighted by molar-refractivity contribution is 7.89. The Hall–Kier alpha value is -2.18. The fraction of sp³-hybridized carbons (Fsp3) is 0.316. The van der Waals surface area contributed by atoms with Gasteiger partial charge in [0.25, 0.3) is 0 Å². The van der Waals surface area contributed by atoms with E-state index in [0.717, 1.165) is 18.4 Å². The summed E-state index contributed by atoms with van der Waals surface area (Å²) in [4.78, 5) is 11.3. The zero-order valence-corrected chi connectivity index (χ0v) is 15.4. The Labute approximate surface area is 149 Å².